The molecule has 0 radical (unpaired) electrons. The number of fused-ring (bicyclic) bond motifs is 1. The number of para-hydroxylation sites is 1. The zero-order chi connectivity index (χ0) is 8.77. The minimum Gasteiger partial charge on any atom is -0.449 e. The van der Waals surface area contributed by atoms with Crippen LogP contribution in [0.3, 0.4) is 0 Å². The van der Waals surface area contributed by atoms with Gasteiger partial charge in [-0.15, -0.1) is 0 Å². The Balaban J connectivity index is 2.48. The molecule has 1 heterocycles. The van der Waals surface area contributed by atoms with Crippen LogP contribution in [0.5, 0.6) is 11.5 Å². The van der Waals surface area contributed by atoms with Gasteiger partial charge in [0, 0.05) is 13.8 Å². The first kappa shape index (κ1) is 7.92. The Morgan fingerprint density at radius 3 is 2.67 bits per heavy atom. The molecule has 64 valence electrons. The van der Waals surface area contributed by atoms with Crippen LogP contribution < -0.4 is 9.47 Å². The third-order valence-corrected chi connectivity index (χ3v) is 2.26. The second-order valence-corrected chi connectivity index (χ2v) is 4.03. The molecule has 12 heavy (non-hydrogen) atoms. The molecule has 0 atom stereocenters. The van der Waals surface area contributed by atoms with Crippen molar-refractivity contribution < 1.29 is 9.47 Å². The van der Waals surface area contributed by atoms with Gasteiger partial charge in [-0.05, 0) is 28.1 Å². The molecule has 1 aliphatic rings. The van der Waals surface area contributed by atoms with Gasteiger partial charge in [-0.3, -0.25) is 0 Å². The molecule has 2 nitrogen and oxygen atoms in total. The van der Waals surface area contributed by atoms with Crippen LogP contribution in [0.25, 0.3) is 0 Å². The van der Waals surface area contributed by atoms with E-state index in [1.165, 1.54) is 0 Å². The largest absolute Gasteiger partial charge is 0.449 e. The van der Waals surface area contributed by atoms with Gasteiger partial charge in [0.05, 0.1) is 4.47 Å². The molecule has 1 aromatic carbocycles. The number of benzene rings is 1. The fourth-order valence-electron chi connectivity index (χ4n) is 1.20. The Morgan fingerprint density at radius 2 is 2.00 bits per heavy atom. The Hall–Kier alpha value is -0.700. The maximum atomic E-state index is 5.56. The highest BCUT2D eigenvalue weighted by molar-refractivity contribution is 9.10. The molecule has 0 aromatic heterocycles. The van der Waals surface area contributed by atoms with Crippen molar-refractivity contribution in [3.63, 3.8) is 0 Å². The van der Waals surface area contributed by atoms with Crippen molar-refractivity contribution in [2.45, 2.75) is 19.6 Å². The highest BCUT2D eigenvalue weighted by Crippen LogP contribution is 2.43. The van der Waals surface area contributed by atoms with Crippen LogP contribution in [0.2, 0.25) is 0 Å². The zero-order valence-electron chi connectivity index (χ0n) is 6.93. The van der Waals surface area contributed by atoms with E-state index in [0.717, 1.165) is 16.0 Å². The maximum absolute atomic E-state index is 5.56. The number of halogens is 1. The van der Waals surface area contributed by atoms with E-state index >= 15 is 0 Å². The second-order valence-electron chi connectivity index (χ2n) is 3.17. The lowest BCUT2D eigenvalue weighted by atomic mass is 10.3. The van der Waals surface area contributed by atoms with E-state index in [9.17, 15) is 0 Å². The summed E-state index contributed by atoms with van der Waals surface area (Å²) < 4.78 is 12.0. The van der Waals surface area contributed by atoms with Crippen molar-refractivity contribution in [3.8, 4) is 11.5 Å². The van der Waals surface area contributed by atoms with Gasteiger partial charge in [0.2, 0.25) is 5.79 Å². The summed E-state index contributed by atoms with van der Waals surface area (Å²) in [6.45, 7) is 3.78. The SMILES string of the molecule is CC1(C)Oc2cccc(Br)c2O1. The fourth-order valence-corrected chi connectivity index (χ4v) is 1.63. The second kappa shape index (κ2) is 2.39. The molecule has 0 N–H and O–H groups in total. The Labute approximate surface area is 79.6 Å². The average molecular weight is 229 g/mol. The first-order valence-electron chi connectivity index (χ1n) is 3.75. The van der Waals surface area contributed by atoms with E-state index in [4.69, 9.17) is 9.47 Å². The summed E-state index contributed by atoms with van der Waals surface area (Å²) in [5.41, 5.74) is 0. The summed E-state index contributed by atoms with van der Waals surface area (Å²) in [4.78, 5) is 0. The van der Waals surface area contributed by atoms with Gasteiger partial charge in [-0.1, -0.05) is 6.07 Å². The Kier molecular flexibility index (Phi) is 1.58. The van der Waals surface area contributed by atoms with Crippen LogP contribution in [0.1, 0.15) is 13.8 Å². The van der Waals surface area contributed by atoms with E-state index in [1.54, 1.807) is 0 Å². The number of hydrogen-bond acceptors (Lipinski definition) is 2. The quantitative estimate of drug-likeness (QED) is 0.680. The normalized spacial score (nSPS) is 17.9. The molecule has 2 rings (SSSR count). The van der Waals surface area contributed by atoms with Gasteiger partial charge in [0.1, 0.15) is 0 Å². The van der Waals surface area contributed by atoms with Gasteiger partial charge < -0.3 is 9.47 Å². The Morgan fingerprint density at radius 1 is 1.25 bits per heavy atom. The molecule has 0 aliphatic carbocycles. The van der Waals surface area contributed by atoms with Crippen molar-refractivity contribution in [1.29, 1.82) is 0 Å². The van der Waals surface area contributed by atoms with Crippen LogP contribution in [-0.2, 0) is 0 Å². The standard InChI is InChI=1S/C9H9BrO2/c1-9(2)11-7-5-3-4-6(10)8(7)12-9/h3-5H,1-2H3. The molecule has 0 fully saturated rings. The maximum Gasteiger partial charge on any atom is 0.246 e. The lowest BCUT2D eigenvalue weighted by Crippen LogP contribution is -2.29. The molecular formula is C9H9BrO2. The summed E-state index contributed by atoms with van der Waals surface area (Å²) in [5.74, 6) is 1.06. The highest BCUT2D eigenvalue weighted by Gasteiger charge is 2.32. The minimum atomic E-state index is -0.536. The van der Waals surface area contributed by atoms with Gasteiger partial charge in [-0.25, -0.2) is 0 Å². The smallest absolute Gasteiger partial charge is 0.246 e. The van der Waals surface area contributed by atoms with Crippen molar-refractivity contribution in [1.82, 2.24) is 0 Å². The Bertz CT molecular complexity index is 320. The lowest BCUT2D eigenvalue weighted by Gasteiger charge is -2.16. The van der Waals surface area contributed by atoms with E-state index < -0.39 is 5.79 Å². The molecule has 3 heteroatoms. The van der Waals surface area contributed by atoms with E-state index in [1.807, 2.05) is 32.0 Å². The average Bonchev–Trinajstić information content (AvgIpc) is 2.25. The summed E-state index contributed by atoms with van der Waals surface area (Å²) in [7, 11) is 0. The number of hydrogen-bond donors (Lipinski definition) is 0. The zero-order valence-corrected chi connectivity index (χ0v) is 8.51. The summed E-state index contributed by atoms with van der Waals surface area (Å²) in [6.07, 6.45) is 0. The van der Waals surface area contributed by atoms with Crippen LogP contribution in [-0.4, -0.2) is 5.79 Å². The van der Waals surface area contributed by atoms with Crippen molar-refractivity contribution in [2.24, 2.45) is 0 Å². The van der Waals surface area contributed by atoms with Crippen molar-refractivity contribution in [2.75, 3.05) is 0 Å². The third-order valence-electron chi connectivity index (χ3n) is 1.63. The molecular weight excluding hydrogens is 220 g/mol. The van der Waals surface area contributed by atoms with E-state index in [0.29, 0.717) is 0 Å². The summed E-state index contributed by atoms with van der Waals surface area (Å²) in [5, 5.41) is 0. The molecule has 0 bridgehead atoms. The molecule has 1 aromatic rings. The van der Waals surface area contributed by atoms with E-state index in [-0.39, 0.29) is 0 Å². The predicted octanol–water partition coefficient (Wildman–Crippen LogP) is 2.96. The lowest BCUT2D eigenvalue weighted by molar-refractivity contribution is -0.0434. The molecule has 0 saturated carbocycles. The number of rotatable bonds is 0. The molecule has 0 unspecified atom stereocenters. The monoisotopic (exact) mass is 228 g/mol. The first-order valence-corrected chi connectivity index (χ1v) is 4.54. The molecule has 0 spiro atoms. The van der Waals surface area contributed by atoms with Crippen LogP contribution >= 0.6 is 15.9 Å². The van der Waals surface area contributed by atoms with Crippen LogP contribution in [0, 0.1) is 0 Å². The third kappa shape index (κ3) is 1.18. The summed E-state index contributed by atoms with van der Waals surface area (Å²) in [6, 6.07) is 5.76. The first-order chi connectivity index (χ1) is 5.58. The van der Waals surface area contributed by atoms with Crippen molar-refractivity contribution in [3.05, 3.63) is 22.7 Å². The summed E-state index contributed by atoms with van der Waals surface area (Å²) >= 11 is 3.39. The molecule has 0 saturated heterocycles. The van der Waals surface area contributed by atoms with E-state index in [2.05, 4.69) is 15.9 Å². The minimum absolute atomic E-state index is 0.536. The number of ether oxygens (including phenoxy) is 2. The topological polar surface area (TPSA) is 18.5 Å². The highest BCUT2D eigenvalue weighted by atomic mass is 79.9. The predicted molar refractivity (Wildman–Crippen MR) is 49.5 cm³/mol. The van der Waals surface area contributed by atoms with Gasteiger partial charge in [0.25, 0.3) is 0 Å². The molecule has 1 aliphatic heterocycles. The van der Waals surface area contributed by atoms with Gasteiger partial charge >= 0.3 is 0 Å². The molecule has 0 amide bonds. The van der Waals surface area contributed by atoms with Crippen LogP contribution in [0.15, 0.2) is 22.7 Å². The van der Waals surface area contributed by atoms with Crippen molar-refractivity contribution >= 4 is 15.9 Å². The fraction of sp³-hybridized carbons (Fsp3) is 0.333. The van der Waals surface area contributed by atoms with Gasteiger partial charge in [-0.2, -0.15) is 0 Å². The van der Waals surface area contributed by atoms with Crippen LogP contribution in [0.4, 0.5) is 0 Å². The van der Waals surface area contributed by atoms with Gasteiger partial charge in [0.15, 0.2) is 11.5 Å².